The molecule has 1 aliphatic rings. The summed E-state index contributed by atoms with van der Waals surface area (Å²) in [6.07, 6.45) is 3.66. The maximum Gasteiger partial charge on any atom is 0.193 e. The smallest absolute Gasteiger partial charge is 0.193 e. The molecule has 2 aromatic carbocycles. The summed E-state index contributed by atoms with van der Waals surface area (Å²) in [5.74, 6) is 0.0491. The Kier molecular flexibility index (Phi) is 3.70. The van der Waals surface area contributed by atoms with E-state index in [0.717, 1.165) is 0 Å². The number of rotatable bonds is 3. The van der Waals surface area contributed by atoms with E-state index in [4.69, 9.17) is 0 Å². The van der Waals surface area contributed by atoms with Gasteiger partial charge in [0, 0.05) is 11.1 Å². The second kappa shape index (κ2) is 5.49. The minimum atomic E-state index is -0.411. The number of ketones is 1. The zero-order valence-electron chi connectivity index (χ0n) is 10.9. The Morgan fingerprint density at radius 2 is 1.85 bits per heavy atom. The second-order valence-corrected chi connectivity index (χ2v) is 6.07. The molecule has 0 heterocycles. The summed E-state index contributed by atoms with van der Waals surface area (Å²) in [6, 6.07) is 12.2. The van der Waals surface area contributed by atoms with Gasteiger partial charge < -0.3 is 0 Å². The molecule has 0 N–H and O–H groups in total. The predicted octanol–water partition coefficient (Wildman–Crippen LogP) is 5.09. The second-order valence-electron chi connectivity index (χ2n) is 5.21. The highest BCUT2D eigenvalue weighted by Crippen LogP contribution is 2.36. The lowest BCUT2D eigenvalue weighted by atomic mass is 9.79. The quantitative estimate of drug-likeness (QED) is 0.716. The number of halogens is 2. The van der Waals surface area contributed by atoms with Crippen LogP contribution in [0.15, 0.2) is 46.9 Å². The topological polar surface area (TPSA) is 17.1 Å². The lowest BCUT2D eigenvalue weighted by molar-refractivity contribution is 0.103. The molecule has 1 aliphatic carbocycles. The minimum Gasteiger partial charge on any atom is -0.289 e. The summed E-state index contributed by atoms with van der Waals surface area (Å²) in [5, 5.41) is 0. The lowest BCUT2D eigenvalue weighted by Gasteiger charge is -2.26. The van der Waals surface area contributed by atoms with Crippen molar-refractivity contribution >= 4 is 21.7 Å². The van der Waals surface area contributed by atoms with E-state index in [0.29, 0.717) is 21.5 Å². The van der Waals surface area contributed by atoms with Gasteiger partial charge in [-0.05, 0) is 64.5 Å². The standard InChI is InChI=1S/C17H14BrFO/c18-15-8-7-14(10-16(15)19)17(20)13-6-2-5-12(9-13)11-3-1-4-11/h2,5-11H,1,3-4H2. The molecule has 102 valence electrons. The monoisotopic (exact) mass is 332 g/mol. The molecule has 3 rings (SSSR count). The van der Waals surface area contributed by atoms with E-state index in [9.17, 15) is 9.18 Å². The first-order chi connectivity index (χ1) is 9.65. The van der Waals surface area contributed by atoms with Crippen LogP contribution in [-0.4, -0.2) is 5.78 Å². The maximum atomic E-state index is 13.5. The fraction of sp³-hybridized carbons (Fsp3) is 0.235. The third-order valence-corrected chi connectivity index (χ3v) is 4.55. The van der Waals surface area contributed by atoms with Crippen molar-refractivity contribution in [3.05, 3.63) is 69.4 Å². The van der Waals surface area contributed by atoms with E-state index in [1.807, 2.05) is 12.1 Å². The highest BCUT2D eigenvalue weighted by Gasteiger charge is 2.20. The molecular formula is C17H14BrFO. The van der Waals surface area contributed by atoms with Crippen molar-refractivity contribution < 1.29 is 9.18 Å². The molecular weight excluding hydrogens is 319 g/mol. The van der Waals surface area contributed by atoms with Gasteiger partial charge in [0.25, 0.3) is 0 Å². The molecule has 0 unspecified atom stereocenters. The Morgan fingerprint density at radius 3 is 2.50 bits per heavy atom. The summed E-state index contributed by atoms with van der Waals surface area (Å²) in [6.45, 7) is 0. The average Bonchev–Trinajstić information content (AvgIpc) is 2.39. The first-order valence-electron chi connectivity index (χ1n) is 6.75. The molecule has 0 aliphatic heterocycles. The third kappa shape index (κ3) is 2.55. The largest absolute Gasteiger partial charge is 0.289 e. The molecule has 0 aromatic heterocycles. The van der Waals surface area contributed by atoms with Gasteiger partial charge in [-0.3, -0.25) is 4.79 Å². The highest BCUT2D eigenvalue weighted by atomic mass is 79.9. The van der Waals surface area contributed by atoms with Gasteiger partial charge in [0.2, 0.25) is 0 Å². The van der Waals surface area contributed by atoms with E-state index < -0.39 is 5.82 Å². The summed E-state index contributed by atoms with van der Waals surface area (Å²) in [5.41, 5.74) is 2.24. The first kappa shape index (κ1) is 13.5. The Balaban J connectivity index is 1.91. The van der Waals surface area contributed by atoms with Crippen molar-refractivity contribution in [3.8, 4) is 0 Å². The van der Waals surface area contributed by atoms with Crippen LogP contribution >= 0.6 is 15.9 Å². The van der Waals surface area contributed by atoms with Crippen LogP contribution in [0.1, 0.15) is 46.7 Å². The highest BCUT2D eigenvalue weighted by molar-refractivity contribution is 9.10. The van der Waals surface area contributed by atoms with Gasteiger partial charge in [0.1, 0.15) is 5.82 Å². The van der Waals surface area contributed by atoms with E-state index in [2.05, 4.69) is 22.0 Å². The van der Waals surface area contributed by atoms with Gasteiger partial charge in [0.15, 0.2) is 5.78 Å². The van der Waals surface area contributed by atoms with Crippen LogP contribution in [0.5, 0.6) is 0 Å². The van der Waals surface area contributed by atoms with Crippen LogP contribution in [0.4, 0.5) is 4.39 Å². The SMILES string of the molecule is O=C(c1cccc(C2CCC2)c1)c1ccc(Br)c(F)c1. The van der Waals surface area contributed by atoms with Crippen LogP contribution in [0, 0.1) is 5.82 Å². The van der Waals surface area contributed by atoms with Crippen molar-refractivity contribution in [3.63, 3.8) is 0 Å². The Labute approximate surface area is 126 Å². The summed E-state index contributed by atoms with van der Waals surface area (Å²) >= 11 is 3.10. The number of hydrogen-bond acceptors (Lipinski definition) is 1. The van der Waals surface area contributed by atoms with Crippen molar-refractivity contribution in [1.82, 2.24) is 0 Å². The van der Waals surface area contributed by atoms with Crippen molar-refractivity contribution in [2.24, 2.45) is 0 Å². The fourth-order valence-electron chi connectivity index (χ4n) is 2.48. The number of carbonyl (C=O) groups excluding carboxylic acids is 1. The molecule has 1 saturated carbocycles. The predicted molar refractivity (Wildman–Crippen MR) is 80.6 cm³/mol. The van der Waals surface area contributed by atoms with E-state index >= 15 is 0 Å². The molecule has 20 heavy (non-hydrogen) atoms. The summed E-state index contributed by atoms with van der Waals surface area (Å²) in [4.78, 5) is 12.4. The number of benzene rings is 2. The van der Waals surface area contributed by atoms with Crippen LogP contribution in [-0.2, 0) is 0 Å². The van der Waals surface area contributed by atoms with Gasteiger partial charge in [-0.25, -0.2) is 4.39 Å². The van der Waals surface area contributed by atoms with Crippen LogP contribution in [0.2, 0.25) is 0 Å². The van der Waals surface area contributed by atoms with Gasteiger partial charge in [0.05, 0.1) is 4.47 Å². The third-order valence-electron chi connectivity index (χ3n) is 3.91. The van der Waals surface area contributed by atoms with Gasteiger partial charge in [-0.1, -0.05) is 24.6 Å². The molecule has 1 fully saturated rings. The molecule has 0 spiro atoms. The summed E-state index contributed by atoms with van der Waals surface area (Å²) < 4.78 is 13.9. The normalized spacial score (nSPS) is 14.9. The molecule has 3 heteroatoms. The molecule has 2 aromatic rings. The Hall–Kier alpha value is -1.48. The van der Waals surface area contributed by atoms with Crippen molar-refractivity contribution in [1.29, 1.82) is 0 Å². The van der Waals surface area contributed by atoms with Crippen LogP contribution in [0.3, 0.4) is 0 Å². The minimum absolute atomic E-state index is 0.127. The van der Waals surface area contributed by atoms with E-state index in [1.165, 1.54) is 30.9 Å². The van der Waals surface area contributed by atoms with Gasteiger partial charge >= 0.3 is 0 Å². The Morgan fingerprint density at radius 1 is 1.10 bits per heavy atom. The van der Waals surface area contributed by atoms with Crippen molar-refractivity contribution in [2.75, 3.05) is 0 Å². The van der Waals surface area contributed by atoms with Gasteiger partial charge in [-0.2, -0.15) is 0 Å². The van der Waals surface area contributed by atoms with Crippen LogP contribution in [0.25, 0.3) is 0 Å². The average molecular weight is 333 g/mol. The number of carbonyl (C=O) groups is 1. The molecule has 0 amide bonds. The zero-order chi connectivity index (χ0) is 14.1. The molecule has 0 radical (unpaired) electrons. The fourth-order valence-corrected chi connectivity index (χ4v) is 2.73. The molecule has 1 nitrogen and oxygen atoms in total. The molecule has 0 bridgehead atoms. The van der Waals surface area contributed by atoms with Crippen LogP contribution < -0.4 is 0 Å². The summed E-state index contributed by atoms with van der Waals surface area (Å²) in [7, 11) is 0. The van der Waals surface area contributed by atoms with E-state index in [-0.39, 0.29) is 5.78 Å². The van der Waals surface area contributed by atoms with E-state index in [1.54, 1.807) is 18.2 Å². The molecule has 0 saturated heterocycles. The lowest BCUT2D eigenvalue weighted by Crippen LogP contribution is -2.10. The zero-order valence-corrected chi connectivity index (χ0v) is 12.5. The number of hydrogen-bond donors (Lipinski definition) is 0. The van der Waals surface area contributed by atoms with Gasteiger partial charge in [-0.15, -0.1) is 0 Å². The van der Waals surface area contributed by atoms with Crippen molar-refractivity contribution in [2.45, 2.75) is 25.2 Å². The maximum absolute atomic E-state index is 13.5. The first-order valence-corrected chi connectivity index (χ1v) is 7.54. The Bertz CT molecular complexity index is 662. The molecule has 0 atom stereocenters.